The van der Waals surface area contributed by atoms with E-state index in [1.165, 1.54) is 11.7 Å². The number of hydrogen-bond donors (Lipinski definition) is 1. The van der Waals surface area contributed by atoms with E-state index in [4.69, 9.17) is 5.73 Å². The number of ether oxygens (including phenoxy) is 1. The van der Waals surface area contributed by atoms with E-state index in [9.17, 15) is 9.59 Å². The average Bonchev–Trinajstić information content (AvgIpc) is 2.62. The topological polar surface area (TPSA) is 87.2 Å². The van der Waals surface area contributed by atoms with Crippen molar-refractivity contribution < 1.29 is 14.3 Å². The quantitative estimate of drug-likeness (QED) is 0.673. The van der Waals surface area contributed by atoms with Crippen LogP contribution in [0.15, 0.2) is 16.4 Å². The van der Waals surface area contributed by atoms with Gasteiger partial charge in [-0.3, -0.25) is 4.79 Å². The Hall–Kier alpha value is -1.63. The van der Waals surface area contributed by atoms with Gasteiger partial charge in [-0.25, -0.2) is 9.78 Å². The summed E-state index contributed by atoms with van der Waals surface area (Å²) in [6, 6.07) is 0. The van der Waals surface area contributed by atoms with Crippen LogP contribution in [-0.4, -0.2) is 28.5 Å². The number of halogens is 1. The molecule has 6 nitrogen and oxygen atoms in total. The lowest BCUT2D eigenvalue weighted by Gasteiger charge is -2.06. The van der Waals surface area contributed by atoms with E-state index < -0.39 is 11.9 Å². The number of nitrogens with two attached hydrogens (primary N) is 1. The summed E-state index contributed by atoms with van der Waals surface area (Å²) in [5.41, 5.74) is 6.21. The summed E-state index contributed by atoms with van der Waals surface area (Å²) in [6.45, 7) is 4.25. The fraction of sp³-hybridized carbons (Fsp3) is 0.364. The fourth-order valence-corrected chi connectivity index (χ4v) is 1.84. The number of primary amides is 1. The first kappa shape index (κ1) is 14.4. The maximum Gasteiger partial charge on any atom is 0.357 e. The Kier molecular flexibility index (Phi) is 4.66. The Labute approximate surface area is 113 Å². The molecular weight excluding hydrogens is 302 g/mol. The van der Waals surface area contributed by atoms with Crippen LogP contribution in [-0.2, 0) is 11.3 Å². The minimum absolute atomic E-state index is 0.0503. The van der Waals surface area contributed by atoms with Crippen molar-refractivity contribution in [1.29, 1.82) is 0 Å². The zero-order valence-corrected chi connectivity index (χ0v) is 11.9. The van der Waals surface area contributed by atoms with Gasteiger partial charge < -0.3 is 15.0 Å². The Morgan fingerprint density at radius 2 is 2.11 bits per heavy atom. The van der Waals surface area contributed by atoms with Crippen LogP contribution in [0.1, 0.15) is 34.8 Å². The predicted octanol–water partition coefficient (Wildman–Crippen LogP) is 1.50. The van der Waals surface area contributed by atoms with Crippen molar-refractivity contribution in [2.75, 3.05) is 7.11 Å². The van der Waals surface area contributed by atoms with Crippen LogP contribution >= 0.6 is 15.9 Å². The lowest BCUT2D eigenvalue weighted by Crippen LogP contribution is -2.19. The number of amides is 1. The standard InChI is InChI=1S/C11H14BrN3O3/c1-6(2)4-5-15-8(10(17)18-3)7(9(13)16)14-11(15)12/h4H,5H2,1-3H3,(H2,13,16). The molecule has 1 amide bonds. The van der Waals surface area contributed by atoms with Gasteiger partial charge in [0, 0.05) is 6.54 Å². The highest BCUT2D eigenvalue weighted by Crippen LogP contribution is 2.18. The molecule has 0 aliphatic heterocycles. The molecule has 0 unspecified atom stereocenters. The molecule has 18 heavy (non-hydrogen) atoms. The number of carbonyl (C=O) groups is 2. The van der Waals surface area contributed by atoms with Gasteiger partial charge in [0.05, 0.1) is 7.11 Å². The van der Waals surface area contributed by atoms with Crippen molar-refractivity contribution >= 4 is 27.8 Å². The van der Waals surface area contributed by atoms with E-state index in [0.29, 0.717) is 11.3 Å². The molecule has 1 aromatic rings. The number of carbonyl (C=O) groups excluding carboxylic acids is 2. The normalized spacial score (nSPS) is 10.0. The van der Waals surface area contributed by atoms with Crippen molar-refractivity contribution in [3.05, 3.63) is 27.8 Å². The zero-order chi connectivity index (χ0) is 13.9. The molecule has 98 valence electrons. The Morgan fingerprint density at radius 3 is 2.56 bits per heavy atom. The number of nitrogens with zero attached hydrogens (tertiary/aromatic N) is 2. The third kappa shape index (κ3) is 2.98. The summed E-state index contributed by atoms with van der Waals surface area (Å²) in [6.07, 6.45) is 1.89. The third-order valence-electron chi connectivity index (χ3n) is 2.22. The molecule has 0 bridgehead atoms. The number of allylic oxidation sites excluding steroid dienone is 2. The van der Waals surface area contributed by atoms with Crippen LogP contribution in [0.25, 0.3) is 0 Å². The van der Waals surface area contributed by atoms with Crippen LogP contribution in [0.4, 0.5) is 0 Å². The molecule has 0 radical (unpaired) electrons. The number of hydrogen-bond acceptors (Lipinski definition) is 4. The maximum absolute atomic E-state index is 11.7. The van der Waals surface area contributed by atoms with Crippen LogP contribution in [0.5, 0.6) is 0 Å². The molecule has 0 aromatic carbocycles. The van der Waals surface area contributed by atoms with Gasteiger partial charge in [-0.15, -0.1) is 0 Å². The number of methoxy groups -OCH3 is 1. The molecular formula is C11H14BrN3O3. The summed E-state index contributed by atoms with van der Waals surface area (Å²) in [5, 5.41) is 0. The van der Waals surface area contributed by atoms with Gasteiger partial charge in [-0.1, -0.05) is 11.6 Å². The van der Waals surface area contributed by atoms with E-state index in [2.05, 4.69) is 25.7 Å². The van der Waals surface area contributed by atoms with Crippen LogP contribution in [0, 0.1) is 0 Å². The second-order valence-corrected chi connectivity index (χ2v) is 4.54. The number of rotatable bonds is 4. The van der Waals surface area contributed by atoms with Crippen molar-refractivity contribution in [2.45, 2.75) is 20.4 Å². The lowest BCUT2D eigenvalue weighted by molar-refractivity contribution is 0.0585. The highest BCUT2D eigenvalue weighted by Gasteiger charge is 2.25. The van der Waals surface area contributed by atoms with Crippen molar-refractivity contribution in [1.82, 2.24) is 9.55 Å². The fourth-order valence-electron chi connectivity index (χ4n) is 1.34. The van der Waals surface area contributed by atoms with E-state index in [0.717, 1.165) is 5.57 Å². The lowest BCUT2D eigenvalue weighted by atomic mass is 10.3. The van der Waals surface area contributed by atoms with Crippen molar-refractivity contribution in [3.8, 4) is 0 Å². The molecule has 1 rings (SSSR count). The molecule has 0 aliphatic rings. The molecule has 0 fully saturated rings. The second kappa shape index (κ2) is 5.81. The Bertz CT molecular complexity index is 516. The summed E-state index contributed by atoms with van der Waals surface area (Å²) < 4.78 is 6.52. The largest absolute Gasteiger partial charge is 0.464 e. The van der Waals surface area contributed by atoms with Crippen LogP contribution in [0.2, 0.25) is 0 Å². The second-order valence-electron chi connectivity index (χ2n) is 3.83. The summed E-state index contributed by atoms with van der Waals surface area (Å²) in [7, 11) is 1.24. The average molecular weight is 316 g/mol. The molecule has 0 aliphatic carbocycles. The molecule has 1 heterocycles. The third-order valence-corrected chi connectivity index (χ3v) is 2.82. The molecule has 0 atom stereocenters. The van der Waals surface area contributed by atoms with Gasteiger partial charge in [0.25, 0.3) is 5.91 Å². The Balaban J connectivity index is 3.35. The minimum Gasteiger partial charge on any atom is -0.464 e. The minimum atomic E-state index is -0.771. The summed E-state index contributed by atoms with van der Waals surface area (Å²) in [4.78, 5) is 26.9. The highest BCUT2D eigenvalue weighted by molar-refractivity contribution is 9.10. The maximum atomic E-state index is 11.7. The van der Waals surface area contributed by atoms with Crippen LogP contribution < -0.4 is 5.73 Å². The molecule has 0 spiro atoms. The van der Waals surface area contributed by atoms with Gasteiger partial charge in [-0.05, 0) is 29.8 Å². The van der Waals surface area contributed by atoms with Crippen molar-refractivity contribution in [2.24, 2.45) is 5.73 Å². The summed E-state index contributed by atoms with van der Waals surface area (Å²) >= 11 is 3.19. The molecule has 2 N–H and O–H groups in total. The van der Waals surface area contributed by atoms with Gasteiger partial charge >= 0.3 is 5.97 Å². The molecule has 0 saturated heterocycles. The first-order valence-electron chi connectivity index (χ1n) is 5.16. The highest BCUT2D eigenvalue weighted by atomic mass is 79.9. The van der Waals surface area contributed by atoms with E-state index in [1.807, 2.05) is 19.9 Å². The summed E-state index contributed by atoms with van der Waals surface area (Å²) in [5.74, 6) is -1.42. The molecule has 0 saturated carbocycles. The SMILES string of the molecule is COC(=O)c1c(C(N)=O)nc(Br)n1CC=C(C)C. The monoisotopic (exact) mass is 315 g/mol. The Morgan fingerprint density at radius 1 is 1.50 bits per heavy atom. The van der Waals surface area contributed by atoms with E-state index >= 15 is 0 Å². The van der Waals surface area contributed by atoms with Crippen LogP contribution in [0.3, 0.4) is 0 Å². The molecule has 1 aromatic heterocycles. The van der Waals surface area contributed by atoms with Crippen molar-refractivity contribution in [3.63, 3.8) is 0 Å². The van der Waals surface area contributed by atoms with Gasteiger partial charge in [0.1, 0.15) is 0 Å². The number of imidazole rings is 1. The van der Waals surface area contributed by atoms with Gasteiger partial charge in [-0.2, -0.15) is 0 Å². The molecule has 7 heteroatoms. The van der Waals surface area contributed by atoms with E-state index in [-0.39, 0.29) is 11.4 Å². The first-order chi connectivity index (χ1) is 8.38. The zero-order valence-electron chi connectivity index (χ0n) is 10.4. The van der Waals surface area contributed by atoms with E-state index in [1.54, 1.807) is 0 Å². The smallest absolute Gasteiger partial charge is 0.357 e. The van der Waals surface area contributed by atoms with Gasteiger partial charge in [0.2, 0.25) is 0 Å². The number of esters is 1. The van der Waals surface area contributed by atoms with Gasteiger partial charge in [0.15, 0.2) is 16.1 Å². The first-order valence-corrected chi connectivity index (χ1v) is 5.95. The predicted molar refractivity (Wildman–Crippen MR) is 69.2 cm³/mol. The number of aromatic nitrogens is 2.